The second-order valence-electron chi connectivity index (χ2n) is 8.22. The molecule has 2 atom stereocenters. The molecule has 0 aliphatic carbocycles. The van der Waals surface area contributed by atoms with Gasteiger partial charge in [-0.3, -0.25) is 18.8 Å². The zero-order chi connectivity index (χ0) is 23.5. The highest BCUT2D eigenvalue weighted by Crippen LogP contribution is 2.35. The normalized spacial score (nSPS) is 20.3. The number of pyridine rings is 1. The lowest BCUT2D eigenvalue weighted by Crippen LogP contribution is -2.48. The molecular formula is C25H29ClN4O2S. The van der Waals surface area contributed by atoms with E-state index in [0.29, 0.717) is 30.4 Å². The molecule has 8 heteroatoms. The number of nitrogens with zero attached hydrogens (tertiary/aromatic N) is 4. The van der Waals surface area contributed by atoms with E-state index in [1.165, 1.54) is 6.08 Å². The topological polar surface area (TPSA) is 56.8 Å². The van der Waals surface area contributed by atoms with E-state index in [4.69, 9.17) is 11.6 Å². The molecule has 2 amide bonds. The number of rotatable bonds is 5. The average Bonchev–Trinajstić information content (AvgIpc) is 3.28. The van der Waals surface area contributed by atoms with E-state index < -0.39 is 0 Å². The van der Waals surface area contributed by atoms with Crippen LogP contribution in [0.25, 0.3) is 11.1 Å². The van der Waals surface area contributed by atoms with Crippen LogP contribution in [-0.4, -0.2) is 63.8 Å². The fraction of sp³-hybridized carbons (Fsp3) is 0.360. The van der Waals surface area contributed by atoms with E-state index in [2.05, 4.69) is 40.5 Å². The van der Waals surface area contributed by atoms with Gasteiger partial charge in [0.2, 0.25) is 11.8 Å². The van der Waals surface area contributed by atoms with Crippen LogP contribution in [0.1, 0.15) is 31.4 Å². The van der Waals surface area contributed by atoms with Gasteiger partial charge in [0.1, 0.15) is 5.82 Å². The smallest absolute Gasteiger partial charge is 0.246 e. The van der Waals surface area contributed by atoms with Gasteiger partial charge in [0.25, 0.3) is 0 Å². The molecule has 1 aromatic carbocycles. The van der Waals surface area contributed by atoms with E-state index in [1.807, 2.05) is 29.2 Å². The number of halogens is 1. The molecule has 2 saturated heterocycles. The Labute approximate surface area is 202 Å². The first-order valence-corrected chi connectivity index (χ1v) is 13.1. The molecule has 1 unspecified atom stereocenters. The van der Waals surface area contributed by atoms with Crippen LogP contribution in [-0.2, 0) is 9.59 Å². The summed E-state index contributed by atoms with van der Waals surface area (Å²) in [4.78, 5) is 32.9. The minimum atomic E-state index is -0.127. The molecule has 2 aromatic rings. The van der Waals surface area contributed by atoms with E-state index >= 15 is 0 Å². The monoisotopic (exact) mass is 484 g/mol. The largest absolute Gasteiger partial charge is 0.329 e. The van der Waals surface area contributed by atoms with E-state index in [-0.39, 0.29) is 28.5 Å². The highest BCUT2D eigenvalue weighted by Gasteiger charge is 2.31. The van der Waals surface area contributed by atoms with Crippen molar-refractivity contribution in [1.82, 2.24) is 14.2 Å². The van der Waals surface area contributed by atoms with Crippen molar-refractivity contribution in [3.05, 3.63) is 59.8 Å². The lowest BCUT2D eigenvalue weighted by Gasteiger charge is -2.42. The molecule has 0 spiro atoms. The number of amides is 2. The van der Waals surface area contributed by atoms with Crippen molar-refractivity contribution < 1.29 is 9.59 Å². The molecule has 3 heterocycles. The molecule has 174 valence electrons. The van der Waals surface area contributed by atoms with Gasteiger partial charge in [0.05, 0.1) is 6.04 Å². The number of anilines is 1. The van der Waals surface area contributed by atoms with Gasteiger partial charge in [-0.05, 0) is 72.7 Å². The summed E-state index contributed by atoms with van der Waals surface area (Å²) in [7, 11) is 0.0230. The minimum Gasteiger partial charge on any atom is -0.329 e. The quantitative estimate of drug-likeness (QED) is 0.462. The third-order valence-corrected chi connectivity index (χ3v) is 8.33. The lowest BCUT2D eigenvalue weighted by molar-refractivity contribution is -0.130. The summed E-state index contributed by atoms with van der Waals surface area (Å²) in [5.41, 5.74) is 2.87. The molecular weight excluding hydrogens is 456 g/mol. The summed E-state index contributed by atoms with van der Waals surface area (Å²) in [5.74, 6) is 0.698. The summed E-state index contributed by atoms with van der Waals surface area (Å²) in [6.45, 7) is 8.65. The Hall–Kier alpha value is -2.48. The molecule has 4 rings (SSSR count). The van der Waals surface area contributed by atoms with Crippen LogP contribution >= 0.6 is 22.3 Å². The van der Waals surface area contributed by atoms with Crippen LogP contribution in [0.3, 0.4) is 0 Å². The predicted molar refractivity (Wildman–Crippen MR) is 138 cm³/mol. The van der Waals surface area contributed by atoms with Gasteiger partial charge in [-0.15, -0.1) is 10.7 Å². The van der Waals surface area contributed by atoms with Crippen LogP contribution in [0.2, 0.25) is 5.02 Å². The molecule has 0 saturated carbocycles. The number of benzene rings is 1. The van der Waals surface area contributed by atoms with Gasteiger partial charge in [-0.1, -0.05) is 23.5 Å². The van der Waals surface area contributed by atoms with Gasteiger partial charge in [-0.2, -0.15) is 0 Å². The summed E-state index contributed by atoms with van der Waals surface area (Å²) < 4.78 is 2.40. The molecule has 0 radical (unpaired) electrons. The van der Waals surface area contributed by atoms with Crippen LogP contribution in [0, 0.1) is 0 Å². The van der Waals surface area contributed by atoms with Crippen molar-refractivity contribution in [3.63, 3.8) is 0 Å². The van der Waals surface area contributed by atoms with Gasteiger partial charge >= 0.3 is 0 Å². The number of carbonyl (C=O) groups excluding carboxylic acids is 2. The fourth-order valence-electron chi connectivity index (χ4n) is 4.44. The number of carbonyl (C=O) groups is 2. The molecule has 6 nitrogen and oxygen atoms in total. The van der Waals surface area contributed by atoms with Crippen molar-refractivity contribution in [2.24, 2.45) is 0 Å². The third-order valence-electron chi connectivity index (χ3n) is 6.28. The first kappa shape index (κ1) is 23.7. The second-order valence-corrected chi connectivity index (χ2v) is 10.7. The molecule has 33 heavy (non-hydrogen) atoms. The number of hydrogen-bond acceptors (Lipinski definition) is 4. The standard InChI is InChI=1S/C25H29ClN4O2S/c1-4-24(31)29-12-11-28(33(3)5-2)17-22(29)20-13-19(14-21(26)15-20)18-8-9-27-23(16-18)30-10-6-7-25(30)32/h4-5,8-9,13-16,22H,1,6-7,10-12,17H2,2-3H3/t22-,33?/m0/s1. The maximum Gasteiger partial charge on any atom is 0.246 e. The number of hydrogen-bond donors (Lipinski definition) is 0. The lowest BCUT2D eigenvalue weighted by atomic mass is 9.97. The summed E-state index contributed by atoms with van der Waals surface area (Å²) in [6.07, 6.45) is 6.72. The molecule has 0 N–H and O–H groups in total. The maximum atomic E-state index is 12.7. The first-order chi connectivity index (χ1) is 15.9. The molecule has 2 aliphatic rings. The highest BCUT2D eigenvalue weighted by molar-refractivity contribution is 8.12. The second kappa shape index (κ2) is 10.2. The van der Waals surface area contributed by atoms with Gasteiger partial charge in [-0.25, -0.2) is 4.98 Å². The molecule has 2 fully saturated rings. The van der Waals surface area contributed by atoms with Gasteiger partial charge < -0.3 is 4.90 Å². The Morgan fingerprint density at radius 1 is 1.21 bits per heavy atom. The Kier molecular flexibility index (Phi) is 7.32. The van der Waals surface area contributed by atoms with Crippen LogP contribution < -0.4 is 4.90 Å². The van der Waals surface area contributed by atoms with Crippen molar-refractivity contribution in [1.29, 1.82) is 0 Å². The summed E-state index contributed by atoms with van der Waals surface area (Å²) >= 11 is 6.57. The molecule has 0 bridgehead atoms. The van der Waals surface area contributed by atoms with Crippen LogP contribution in [0.15, 0.2) is 49.2 Å². The van der Waals surface area contributed by atoms with Crippen molar-refractivity contribution in [3.8, 4) is 11.1 Å². The van der Waals surface area contributed by atoms with Crippen molar-refractivity contribution in [2.75, 3.05) is 37.3 Å². The van der Waals surface area contributed by atoms with Crippen molar-refractivity contribution in [2.45, 2.75) is 25.8 Å². The zero-order valence-electron chi connectivity index (χ0n) is 19.0. The van der Waals surface area contributed by atoms with Crippen LogP contribution in [0.4, 0.5) is 5.82 Å². The van der Waals surface area contributed by atoms with Crippen LogP contribution in [0.5, 0.6) is 0 Å². The van der Waals surface area contributed by atoms with Gasteiger partial charge in [0.15, 0.2) is 0 Å². The Bertz CT molecular complexity index is 1120. The predicted octanol–water partition coefficient (Wildman–Crippen LogP) is 4.54. The first-order valence-electron chi connectivity index (χ1n) is 11.1. The Morgan fingerprint density at radius 3 is 2.73 bits per heavy atom. The van der Waals surface area contributed by atoms with Crippen molar-refractivity contribution >= 4 is 45.3 Å². The minimum absolute atomic E-state index is 0.0230. The molecule has 1 aromatic heterocycles. The van der Waals surface area contributed by atoms with E-state index in [9.17, 15) is 9.59 Å². The Morgan fingerprint density at radius 2 is 2.03 bits per heavy atom. The Balaban J connectivity index is 1.71. The summed E-state index contributed by atoms with van der Waals surface area (Å²) in [6, 6.07) is 9.69. The third kappa shape index (κ3) is 5.05. The summed E-state index contributed by atoms with van der Waals surface area (Å²) in [5, 5.41) is 2.81. The molecule has 2 aliphatic heterocycles. The van der Waals surface area contributed by atoms with Gasteiger partial charge in [0, 0.05) is 43.8 Å². The average molecular weight is 485 g/mol. The highest BCUT2D eigenvalue weighted by atomic mass is 35.5. The zero-order valence-corrected chi connectivity index (χ0v) is 20.6. The number of aromatic nitrogens is 1. The van der Waals surface area contributed by atoms with E-state index in [0.717, 1.165) is 36.2 Å². The van der Waals surface area contributed by atoms with E-state index in [1.54, 1.807) is 11.1 Å². The fourth-order valence-corrected chi connectivity index (χ4v) is 5.73. The maximum absolute atomic E-state index is 12.7. The number of piperazine rings is 1. The SMILES string of the molecule is C=CC(=O)N1CCN(/S(C)=C/C)C[C@H]1c1cc(Cl)cc(-c2ccnc(N3CCCC3=O)c2)c1.